The Bertz CT molecular complexity index is 599. The molecule has 1 saturated heterocycles. The summed E-state index contributed by atoms with van der Waals surface area (Å²) in [6.07, 6.45) is 3.26. The van der Waals surface area contributed by atoms with E-state index in [0.717, 1.165) is 55.6 Å². The van der Waals surface area contributed by atoms with Gasteiger partial charge >= 0.3 is 0 Å². The SMILES string of the molecule is Cc1nc(CCN2CCC(c3nc(C(C)C)no3)CC2)cs1. The highest BCUT2D eigenvalue weighted by atomic mass is 32.1. The lowest BCUT2D eigenvalue weighted by Crippen LogP contribution is -2.34. The van der Waals surface area contributed by atoms with Crippen LogP contribution < -0.4 is 0 Å². The number of nitrogens with zero attached hydrogens (tertiary/aromatic N) is 4. The maximum atomic E-state index is 5.44. The minimum Gasteiger partial charge on any atom is -0.339 e. The molecule has 120 valence electrons. The molecule has 2 aromatic heterocycles. The zero-order valence-corrected chi connectivity index (χ0v) is 14.4. The minimum atomic E-state index is 0.333. The van der Waals surface area contributed by atoms with Crippen molar-refractivity contribution in [1.82, 2.24) is 20.0 Å². The Balaban J connectivity index is 1.47. The molecule has 3 heterocycles. The Morgan fingerprint density at radius 1 is 1.32 bits per heavy atom. The first-order valence-corrected chi connectivity index (χ1v) is 8.96. The molecule has 0 N–H and O–H groups in total. The van der Waals surface area contributed by atoms with Crippen LogP contribution in [0.1, 0.15) is 60.9 Å². The highest BCUT2D eigenvalue weighted by Gasteiger charge is 2.25. The van der Waals surface area contributed by atoms with Crippen LogP contribution in [0.5, 0.6) is 0 Å². The van der Waals surface area contributed by atoms with Crippen LogP contribution in [0.2, 0.25) is 0 Å². The van der Waals surface area contributed by atoms with Crippen molar-refractivity contribution in [3.63, 3.8) is 0 Å². The van der Waals surface area contributed by atoms with E-state index in [4.69, 9.17) is 4.52 Å². The molecule has 0 atom stereocenters. The van der Waals surface area contributed by atoms with Gasteiger partial charge in [0, 0.05) is 30.2 Å². The fraction of sp³-hybridized carbons (Fsp3) is 0.688. The third kappa shape index (κ3) is 3.73. The Labute approximate surface area is 135 Å². The molecule has 1 aliphatic heterocycles. The summed E-state index contributed by atoms with van der Waals surface area (Å²) in [4.78, 5) is 11.6. The van der Waals surface area contributed by atoms with Crippen LogP contribution in [-0.4, -0.2) is 39.7 Å². The van der Waals surface area contributed by atoms with Crippen LogP contribution in [0.4, 0.5) is 0 Å². The third-order valence-electron chi connectivity index (χ3n) is 4.26. The van der Waals surface area contributed by atoms with Crippen LogP contribution in [0.25, 0.3) is 0 Å². The summed E-state index contributed by atoms with van der Waals surface area (Å²) < 4.78 is 5.44. The second-order valence-corrected chi connectivity index (χ2v) is 7.43. The van der Waals surface area contributed by atoms with Crippen LogP contribution in [-0.2, 0) is 6.42 Å². The molecule has 0 bridgehead atoms. The number of hydrogen-bond acceptors (Lipinski definition) is 6. The monoisotopic (exact) mass is 320 g/mol. The van der Waals surface area contributed by atoms with Gasteiger partial charge < -0.3 is 9.42 Å². The molecule has 5 nitrogen and oxygen atoms in total. The predicted octanol–water partition coefficient (Wildman–Crippen LogP) is 3.38. The molecule has 1 aliphatic rings. The number of thiazole rings is 1. The van der Waals surface area contributed by atoms with Crippen molar-refractivity contribution >= 4 is 11.3 Å². The summed E-state index contributed by atoms with van der Waals surface area (Å²) in [5, 5.41) is 7.41. The van der Waals surface area contributed by atoms with Gasteiger partial charge in [-0.2, -0.15) is 4.98 Å². The van der Waals surface area contributed by atoms with Crippen molar-refractivity contribution in [2.24, 2.45) is 0 Å². The average molecular weight is 320 g/mol. The van der Waals surface area contributed by atoms with Gasteiger partial charge in [-0.15, -0.1) is 11.3 Å². The lowest BCUT2D eigenvalue weighted by atomic mass is 9.96. The standard InChI is InChI=1S/C16H24N4OS/c1-11(2)15-18-16(21-19-15)13-4-7-20(8-5-13)9-6-14-10-22-12(3)17-14/h10-11,13H,4-9H2,1-3H3. The highest BCUT2D eigenvalue weighted by molar-refractivity contribution is 7.09. The molecule has 0 aromatic carbocycles. The van der Waals surface area contributed by atoms with Gasteiger partial charge in [-0.25, -0.2) is 4.98 Å². The number of aromatic nitrogens is 3. The van der Waals surface area contributed by atoms with Gasteiger partial charge in [0.05, 0.1) is 10.7 Å². The van der Waals surface area contributed by atoms with Crippen molar-refractivity contribution in [2.75, 3.05) is 19.6 Å². The topological polar surface area (TPSA) is 55.1 Å². The van der Waals surface area contributed by atoms with Gasteiger partial charge in [0.1, 0.15) is 0 Å². The number of piperidine rings is 1. The molecule has 0 spiro atoms. The molecule has 0 aliphatic carbocycles. The van der Waals surface area contributed by atoms with E-state index in [1.54, 1.807) is 11.3 Å². The normalized spacial score (nSPS) is 17.5. The molecule has 0 unspecified atom stereocenters. The Morgan fingerprint density at radius 2 is 2.09 bits per heavy atom. The lowest BCUT2D eigenvalue weighted by Gasteiger charge is -2.30. The van der Waals surface area contributed by atoms with E-state index in [9.17, 15) is 0 Å². The van der Waals surface area contributed by atoms with Gasteiger partial charge in [-0.3, -0.25) is 0 Å². The molecule has 6 heteroatoms. The quantitative estimate of drug-likeness (QED) is 0.845. The van der Waals surface area contributed by atoms with E-state index in [1.807, 2.05) is 0 Å². The molecule has 0 amide bonds. The van der Waals surface area contributed by atoms with Crippen molar-refractivity contribution in [3.05, 3.63) is 27.8 Å². The maximum absolute atomic E-state index is 5.44. The summed E-state index contributed by atoms with van der Waals surface area (Å²) >= 11 is 1.74. The largest absolute Gasteiger partial charge is 0.339 e. The van der Waals surface area contributed by atoms with Gasteiger partial charge in [0.2, 0.25) is 5.89 Å². The number of hydrogen-bond donors (Lipinski definition) is 0. The molecule has 0 radical (unpaired) electrons. The second kappa shape index (κ2) is 6.87. The first kappa shape index (κ1) is 15.6. The van der Waals surface area contributed by atoms with E-state index in [1.165, 1.54) is 5.69 Å². The van der Waals surface area contributed by atoms with Crippen molar-refractivity contribution in [2.45, 2.75) is 51.9 Å². The van der Waals surface area contributed by atoms with Crippen molar-refractivity contribution in [1.29, 1.82) is 0 Å². The van der Waals surface area contributed by atoms with E-state index in [2.05, 4.69) is 46.2 Å². The molecule has 0 saturated carbocycles. The van der Waals surface area contributed by atoms with Gasteiger partial charge in [0.15, 0.2) is 5.82 Å². The van der Waals surface area contributed by atoms with Crippen LogP contribution >= 0.6 is 11.3 Å². The molecule has 1 fully saturated rings. The number of rotatable bonds is 5. The first-order valence-electron chi connectivity index (χ1n) is 8.08. The van der Waals surface area contributed by atoms with Gasteiger partial charge in [-0.05, 0) is 32.9 Å². The predicted molar refractivity (Wildman–Crippen MR) is 87.4 cm³/mol. The summed E-state index contributed by atoms with van der Waals surface area (Å²) in [5.74, 6) is 2.42. The van der Waals surface area contributed by atoms with E-state index in [-0.39, 0.29) is 0 Å². The molecular formula is C16H24N4OS. The van der Waals surface area contributed by atoms with E-state index in [0.29, 0.717) is 11.8 Å². The van der Waals surface area contributed by atoms with Crippen LogP contribution in [0.15, 0.2) is 9.90 Å². The molecular weight excluding hydrogens is 296 g/mol. The lowest BCUT2D eigenvalue weighted by molar-refractivity contribution is 0.195. The number of aryl methyl sites for hydroxylation is 1. The number of likely N-dealkylation sites (tertiary alicyclic amines) is 1. The first-order chi connectivity index (χ1) is 10.6. The molecule has 3 rings (SSSR count). The summed E-state index contributed by atoms with van der Waals surface area (Å²) in [7, 11) is 0. The zero-order valence-electron chi connectivity index (χ0n) is 13.6. The summed E-state index contributed by atoms with van der Waals surface area (Å²) in [6.45, 7) is 9.56. The minimum absolute atomic E-state index is 0.333. The van der Waals surface area contributed by atoms with Crippen molar-refractivity contribution < 1.29 is 4.52 Å². The van der Waals surface area contributed by atoms with Crippen LogP contribution in [0.3, 0.4) is 0 Å². The highest BCUT2D eigenvalue weighted by Crippen LogP contribution is 2.27. The Hall–Kier alpha value is -1.27. The van der Waals surface area contributed by atoms with Crippen LogP contribution in [0, 0.1) is 6.92 Å². The van der Waals surface area contributed by atoms with E-state index >= 15 is 0 Å². The Morgan fingerprint density at radius 3 is 2.68 bits per heavy atom. The van der Waals surface area contributed by atoms with Gasteiger partial charge in [0.25, 0.3) is 0 Å². The second-order valence-electron chi connectivity index (χ2n) is 6.37. The fourth-order valence-corrected chi connectivity index (χ4v) is 3.49. The van der Waals surface area contributed by atoms with E-state index < -0.39 is 0 Å². The van der Waals surface area contributed by atoms with Gasteiger partial charge in [-0.1, -0.05) is 19.0 Å². The average Bonchev–Trinajstić information content (AvgIpc) is 3.15. The van der Waals surface area contributed by atoms with Crippen molar-refractivity contribution in [3.8, 4) is 0 Å². The molecule has 22 heavy (non-hydrogen) atoms. The molecule has 2 aromatic rings. The Kier molecular flexibility index (Phi) is 4.88. The maximum Gasteiger partial charge on any atom is 0.229 e. The zero-order chi connectivity index (χ0) is 15.5. The smallest absolute Gasteiger partial charge is 0.229 e. The fourth-order valence-electron chi connectivity index (χ4n) is 2.85. The summed E-state index contributed by atoms with van der Waals surface area (Å²) in [6, 6.07) is 0. The summed E-state index contributed by atoms with van der Waals surface area (Å²) in [5.41, 5.74) is 1.23. The third-order valence-corrected chi connectivity index (χ3v) is 5.08.